The van der Waals surface area contributed by atoms with Crippen molar-refractivity contribution in [2.75, 3.05) is 0 Å². The molecule has 0 heterocycles. The maximum absolute atomic E-state index is 2.46. The van der Waals surface area contributed by atoms with Crippen molar-refractivity contribution in [2.24, 2.45) is 43.3 Å². The molecule has 29 heavy (non-hydrogen) atoms. The van der Waals surface area contributed by atoms with Crippen LogP contribution < -0.4 is 0 Å². The minimum absolute atomic E-state index is 0.511. The highest BCUT2D eigenvalue weighted by molar-refractivity contribution is 5.23. The SMILES string of the molecule is CC(C)(C)C12CC(C(C)(C)C)(C1)C2.CC(C)(C)C12CCC(C(C)(C)C)(CC1)CC2. The molecule has 0 N–H and O–H groups in total. The van der Waals surface area contributed by atoms with Gasteiger partial charge in [0, 0.05) is 0 Å². The van der Waals surface area contributed by atoms with Crippen LogP contribution in [0.5, 0.6) is 0 Å². The number of rotatable bonds is 0. The first-order valence-corrected chi connectivity index (χ1v) is 12.7. The minimum Gasteiger partial charge on any atom is -0.0596 e. The van der Waals surface area contributed by atoms with Crippen LogP contribution in [0.3, 0.4) is 0 Å². The Balaban J connectivity index is 0.000000169. The summed E-state index contributed by atoms with van der Waals surface area (Å²) >= 11 is 0. The second kappa shape index (κ2) is 6.28. The zero-order chi connectivity index (χ0) is 22.4. The van der Waals surface area contributed by atoms with Gasteiger partial charge in [0.2, 0.25) is 0 Å². The first-order chi connectivity index (χ1) is 12.7. The minimum atomic E-state index is 0.511. The first kappa shape index (κ1) is 23.7. The third-order valence-corrected chi connectivity index (χ3v) is 11.6. The summed E-state index contributed by atoms with van der Waals surface area (Å²) in [6.45, 7) is 29.3. The largest absolute Gasteiger partial charge is 0.0596 e. The number of hydrogen-bond donors (Lipinski definition) is 0. The number of hydrogen-bond acceptors (Lipinski definition) is 0. The Morgan fingerprint density at radius 1 is 0.310 bits per heavy atom. The molecule has 0 aromatic heterocycles. The molecule has 0 amide bonds. The smallest absolute Gasteiger partial charge is 0.0232 e. The quantitative estimate of drug-likeness (QED) is 0.378. The van der Waals surface area contributed by atoms with Crippen LogP contribution in [-0.2, 0) is 0 Å². The average molecular weight is 403 g/mol. The summed E-state index contributed by atoms with van der Waals surface area (Å²) in [6.07, 6.45) is 13.4. The molecule has 6 saturated carbocycles. The van der Waals surface area contributed by atoms with E-state index in [1.807, 2.05) is 0 Å². The van der Waals surface area contributed by atoms with Gasteiger partial charge in [0.15, 0.2) is 0 Å². The molecule has 0 radical (unpaired) electrons. The second-order valence-corrected chi connectivity index (χ2v) is 16.2. The van der Waals surface area contributed by atoms with Gasteiger partial charge in [0.05, 0.1) is 0 Å². The van der Waals surface area contributed by atoms with E-state index in [1.54, 1.807) is 0 Å². The fraction of sp³-hybridized carbons (Fsp3) is 1.00. The Labute approximate surface area is 184 Å². The van der Waals surface area contributed by atoms with Gasteiger partial charge in [-0.05, 0) is 101 Å². The van der Waals surface area contributed by atoms with Gasteiger partial charge in [0.1, 0.15) is 0 Å². The monoisotopic (exact) mass is 402 g/mol. The Bertz CT molecular complexity index is 521. The van der Waals surface area contributed by atoms with Crippen molar-refractivity contribution >= 4 is 0 Å². The third-order valence-electron chi connectivity index (χ3n) is 11.6. The molecule has 6 aliphatic rings. The van der Waals surface area contributed by atoms with E-state index >= 15 is 0 Å². The molecule has 6 fully saturated rings. The topological polar surface area (TPSA) is 0 Å². The van der Waals surface area contributed by atoms with E-state index in [0.29, 0.717) is 32.5 Å². The fourth-order valence-electron chi connectivity index (χ4n) is 7.81. The van der Waals surface area contributed by atoms with Gasteiger partial charge >= 0.3 is 0 Å². The predicted molar refractivity (Wildman–Crippen MR) is 129 cm³/mol. The zero-order valence-corrected chi connectivity index (χ0v) is 22.4. The molecular weight excluding hydrogens is 348 g/mol. The first-order valence-electron chi connectivity index (χ1n) is 12.7. The second-order valence-electron chi connectivity index (χ2n) is 16.2. The van der Waals surface area contributed by atoms with Crippen molar-refractivity contribution in [3.05, 3.63) is 0 Å². The highest BCUT2D eigenvalue weighted by Crippen LogP contribution is 2.83. The summed E-state index contributed by atoms with van der Waals surface area (Å²) in [4.78, 5) is 0. The van der Waals surface area contributed by atoms with E-state index in [2.05, 4.69) is 83.1 Å². The van der Waals surface area contributed by atoms with Crippen molar-refractivity contribution in [3.63, 3.8) is 0 Å². The molecule has 4 bridgehead atoms. The predicted octanol–water partition coefficient (Wildman–Crippen LogP) is 9.67. The standard InChI is InChI=1S/C16H30.C13H24/c1-13(2,3)15-7-10-16(11-8-15,12-9-15)14(4,5)6;1-10(2,3)12-7-13(8-12,9-12)11(4,5)6/h7-12H2,1-6H3;7-9H2,1-6H3. The molecule has 0 atom stereocenters. The molecule has 0 spiro atoms. The molecule has 0 aromatic carbocycles. The molecule has 0 aliphatic heterocycles. The van der Waals surface area contributed by atoms with Crippen LogP contribution in [0.25, 0.3) is 0 Å². The molecular formula is C29H54. The lowest BCUT2D eigenvalue weighted by atomic mass is 9.25. The van der Waals surface area contributed by atoms with Crippen LogP contribution in [0.4, 0.5) is 0 Å². The van der Waals surface area contributed by atoms with Crippen LogP contribution >= 0.6 is 0 Å². The molecule has 170 valence electrons. The molecule has 6 rings (SSSR count). The van der Waals surface area contributed by atoms with Crippen LogP contribution in [0.2, 0.25) is 0 Å². The van der Waals surface area contributed by atoms with Crippen LogP contribution in [-0.4, -0.2) is 0 Å². The molecule has 0 nitrogen and oxygen atoms in total. The van der Waals surface area contributed by atoms with Crippen molar-refractivity contribution in [1.82, 2.24) is 0 Å². The van der Waals surface area contributed by atoms with E-state index in [-0.39, 0.29) is 0 Å². The van der Waals surface area contributed by atoms with Crippen molar-refractivity contribution in [3.8, 4) is 0 Å². The Morgan fingerprint density at radius 2 is 0.483 bits per heavy atom. The van der Waals surface area contributed by atoms with E-state index in [4.69, 9.17) is 0 Å². The van der Waals surface area contributed by atoms with Gasteiger partial charge in [-0.2, -0.15) is 0 Å². The lowest BCUT2D eigenvalue weighted by molar-refractivity contribution is -0.302. The normalized spacial score (nSPS) is 41.8. The van der Waals surface area contributed by atoms with E-state index in [0.717, 1.165) is 10.8 Å². The van der Waals surface area contributed by atoms with Crippen molar-refractivity contribution < 1.29 is 0 Å². The van der Waals surface area contributed by atoms with Crippen LogP contribution in [0.15, 0.2) is 0 Å². The lowest BCUT2D eigenvalue weighted by Gasteiger charge is -2.80. The summed E-state index contributed by atoms with van der Waals surface area (Å²) in [5.74, 6) is 0. The van der Waals surface area contributed by atoms with Crippen LogP contribution in [0.1, 0.15) is 141 Å². The zero-order valence-electron chi connectivity index (χ0n) is 22.4. The summed E-state index contributed by atoms with van der Waals surface area (Å²) in [6, 6.07) is 0. The van der Waals surface area contributed by atoms with E-state index in [1.165, 1.54) is 57.8 Å². The van der Waals surface area contributed by atoms with Gasteiger partial charge in [-0.1, -0.05) is 83.1 Å². The average Bonchev–Trinajstić information content (AvgIpc) is 2.41. The summed E-state index contributed by atoms with van der Waals surface area (Å²) in [7, 11) is 0. The Morgan fingerprint density at radius 3 is 0.621 bits per heavy atom. The summed E-state index contributed by atoms with van der Waals surface area (Å²) < 4.78 is 0. The third kappa shape index (κ3) is 3.36. The lowest BCUT2D eigenvalue weighted by Crippen LogP contribution is -2.71. The van der Waals surface area contributed by atoms with Crippen molar-refractivity contribution in [2.45, 2.75) is 141 Å². The van der Waals surface area contributed by atoms with E-state index in [9.17, 15) is 0 Å². The van der Waals surface area contributed by atoms with Gasteiger partial charge in [0.25, 0.3) is 0 Å². The molecule has 0 heteroatoms. The fourth-order valence-corrected chi connectivity index (χ4v) is 7.81. The Hall–Kier alpha value is 0. The molecule has 0 saturated heterocycles. The van der Waals surface area contributed by atoms with Gasteiger partial charge in [-0.25, -0.2) is 0 Å². The maximum Gasteiger partial charge on any atom is -0.0232 e. The number of fused-ring (bicyclic) bond motifs is 3. The summed E-state index contributed by atoms with van der Waals surface area (Å²) in [5.41, 5.74) is 4.88. The molecule has 0 unspecified atom stereocenters. The van der Waals surface area contributed by atoms with E-state index < -0.39 is 0 Å². The highest BCUT2D eigenvalue weighted by Gasteiger charge is 2.74. The summed E-state index contributed by atoms with van der Waals surface area (Å²) in [5, 5.41) is 0. The highest BCUT2D eigenvalue weighted by atomic mass is 14.8. The van der Waals surface area contributed by atoms with Gasteiger partial charge < -0.3 is 0 Å². The van der Waals surface area contributed by atoms with Gasteiger partial charge in [-0.3, -0.25) is 0 Å². The molecule has 6 aliphatic carbocycles. The van der Waals surface area contributed by atoms with Crippen molar-refractivity contribution in [1.29, 1.82) is 0 Å². The molecule has 0 aromatic rings. The Kier molecular flexibility index (Phi) is 5.13. The maximum atomic E-state index is 2.46. The van der Waals surface area contributed by atoms with Crippen LogP contribution in [0, 0.1) is 43.3 Å². The van der Waals surface area contributed by atoms with Gasteiger partial charge in [-0.15, -0.1) is 0 Å².